The molecular weight excluding hydrogens is 368 g/mol. The number of carbonyl (C=O) groups is 2. The van der Waals surface area contributed by atoms with Gasteiger partial charge in [0, 0.05) is 10.6 Å². The zero-order chi connectivity index (χ0) is 19.9. The molecule has 0 bridgehead atoms. The predicted molar refractivity (Wildman–Crippen MR) is 106 cm³/mol. The highest BCUT2D eigenvalue weighted by Crippen LogP contribution is 2.23. The lowest BCUT2D eigenvalue weighted by Crippen LogP contribution is -2.11. The van der Waals surface area contributed by atoms with E-state index < -0.39 is 5.97 Å². The summed E-state index contributed by atoms with van der Waals surface area (Å²) in [7, 11) is 1.53. The fraction of sp³-hybridized carbons (Fsp3) is 0.619. The summed E-state index contributed by atoms with van der Waals surface area (Å²) in [5.74, 6) is -0.244. The van der Waals surface area contributed by atoms with Crippen molar-refractivity contribution in [2.75, 3.05) is 13.7 Å². The van der Waals surface area contributed by atoms with E-state index in [1.807, 2.05) is 0 Å². The Labute approximate surface area is 167 Å². The topological polar surface area (TPSA) is 61.8 Å². The average molecular weight is 399 g/mol. The van der Waals surface area contributed by atoms with Gasteiger partial charge in [0.1, 0.15) is 12.4 Å². The number of methoxy groups -OCH3 is 1. The van der Waals surface area contributed by atoms with Crippen LogP contribution in [0.5, 0.6) is 5.75 Å². The number of ether oxygens (including phenoxy) is 3. The van der Waals surface area contributed by atoms with Gasteiger partial charge in [0.05, 0.1) is 26.6 Å². The maximum atomic E-state index is 11.8. The number of halogens is 1. The van der Waals surface area contributed by atoms with Gasteiger partial charge in [-0.05, 0) is 18.6 Å². The highest BCUT2D eigenvalue weighted by Gasteiger charge is 2.11. The van der Waals surface area contributed by atoms with Gasteiger partial charge in [-0.15, -0.1) is 0 Å². The first-order valence-electron chi connectivity index (χ1n) is 9.70. The van der Waals surface area contributed by atoms with Crippen LogP contribution in [-0.4, -0.2) is 25.7 Å². The van der Waals surface area contributed by atoms with E-state index in [0.717, 1.165) is 18.4 Å². The lowest BCUT2D eigenvalue weighted by molar-refractivity contribution is -0.151. The molecule has 0 aliphatic heterocycles. The third-order valence-corrected chi connectivity index (χ3v) is 4.42. The van der Waals surface area contributed by atoms with E-state index in [9.17, 15) is 9.59 Å². The molecule has 1 aromatic rings. The second kappa shape index (κ2) is 14.3. The van der Waals surface area contributed by atoms with Crippen LogP contribution in [-0.2, 0) is 25.7 Å². The first kappa shape index (κ1) is 23.3. The van der Waals surface area contributed by atoms with Gasteiger partial charge < -0.3 is 14.2 Å². The minimum atomic E-state index is -0.445. The van der Waals surface area contributed by atoms with Crippen molar-refractivity contribution in [1.82, 2.24) is 0 Å². The van der Waals surface area contributed by atoms with E-state index in [4.69, 9.17) is 25.8 Å². The fourth-order valence-corrected chi connectivity index (χ4v) is 2.75. The lowest BCUT2D eigenvalue weighted by Gasteiger charge is -2.10. The molecule has 0 unspecified atom stereocenters. The molecule has 0 radical (unpaired) electrons. The van der Waals surface area contributed by atoms with E-state index in [1.54, 1.807) is 18.2 Å². The number of hydrogen-bond acceptors (Lipinski definition) is 5. The summed E-state index contributed by atoms with van der Waals surface area (Å²) < 4.78 is 15.5. The molecule has 1 aromatic carbocycles. The molecule has 0 aromatic heterocycles. The molecular formula is C21H31ClO5. The Hall–Kier alpha value is -1.75. The maximum absolute atomic E-state index is 11.8. The van der Waals surface area contributed by atoms with Crippen molar-refractivity contribution in [2.45, 2.75) is 71.3 Å². The van der Waals surface area contributed by atoms with Crippen LogP contribution in [0, 0.1) is 0 Å². The Morgan fingerprint density at radius 3 is 2.22 bits per heavy atom. The first-order chi connectivity index (χ1) is 13.1. The lowest BCUT2D eigenvalue weighted by atomic mass is 10.1. The van der Waals surface area contributed by atoms with E-state index in [2.05, 4.69) is 6.92 Å². The molecule has 5 nitrogen and oxygen atoms in total. The van der Waals surface area contributed by atoms with Crippen LogP contribution in [0.1, 0.15) is 70.3 Å². The monoisotopic (exact) mass is 398 g/mol. The third kappa shape index (κ3) is 10.9. The zero-order valence-electron chi connectivity index (χ0n) is 16.4. The Balaban J connectivity index is 2.11. The third-order valence-electron chi connectivity index (χ3n) is 4.18. The number of hydrogen-bond donors (Lipinski definition) is 0. The van der Waals surface area contributed by atoms with E-state index in [-0.39, 0.29) is 25.4 Å². The van der Waals surface area contributed by atoms with Gasteiger partial charge in [-0.3, -0.25) is 9.59 Å². The van der Waals surface area contributed by atoms with Crippen LogP contribution >= 0.6 is 11.6 Å². The molecule has 1 rings (SSSR count). The predicted octanol–water partition coefficient (Wildman–Crippen LogP) is 5.47. The van der Waals surface area contributed by atoms with Crippen molar-refractivity contribution >= 4 is 23.5 Å². The minimum absolute atomic E-state index is 0.00571. The summed E-state index contributed by atoms with van der Waals surface area (Å²) in [4.78, 5) is 23.5. The highest BCUT2D eigenvalue weighted by molar-refractivity contribution is 6.30. The van der Waals surface area contributed by atoms with E-state index >= 15 is 0 Å². The summed E-state index contributed by atoms with van der Waals surface area (Å²) in [6, 6.07) is 5.10. The van der Waals surface area contributed by atoms with Gasteiger partial charge in [0.25, 0.3) is 0 Å². The molecule has 0 amide bonds. The van der Waals surface area contributed by atoms with Crippen LogP contribution in [0.3, 0.4) is 0 Å². The van der Waals surface area contributed by atoms with Gasteiger partial charge in [-0.1, -0.05) is 63.1 Å². The van der Waals surface area contributed by atoms with Gasteiger partial charge in [-0.25, -0.2) is 0 Å². The largest absolute Gasteiger partial charge is 0.496 e. The normalized spacial score (nSPS) is 10.5. The molecule has 0 atom stereocenters. The number of unbranched alkanes of at least 4 members (excludes halogenated alkanes) is 6. The summed E-state index contributed by atoms with van der Waals surface area (Å²) in [6.07, 6.45) is 8.22. The van der Waals surface area contributed by atoms with Crippen molar-refractivity contribution in [3.8, 4) is 5.75 Å². The number of esters is 2. The second-order valence-corrected chi connectivity index (χ2v) is 6.90. The summed E-state index contributed by atoms with van der Waals surface area (Å²) >= 11 is 5.89. The Morgan fingerprint density at radius 2 is 1.56 bits per heavy atom. The summed E-state index contributed by atoms with van der Waals surface area (Å²) in [5.41, 5.74) is 0.719. The van der Waals surface area contributed by atoms with Crippen molar-refractivity contribution in [1.29, 1.82) is 0 Å². The molecule has 6 heteroatoms. The molecule has 0 saturated heterocycles. The highest BCUT2D eigenvalue weighted by atomic mass is 35.5. The fourth-order valence-electron chi connectivity index (χ4n) is 2.59. The second-order valence-electron chi connectivity index (χ2n) is 6.46. The van der Waals surface area contributed by atoms with Crippen molar-refractivity contribution in [3.05, 3.63) is 28.8 Å². The van der Waals surface area contributed by atoms with Crippen LogP contribution < -0.4 is 4.74 Å². The SMILES string of the molecule is CCCCCCCCCOC(=O)CCC(=O)OCc1ccc(Cl)cc1OC. The van der Waals surface area contributed by atoms with Crippen LogP contribution in [0.15, 0.2) is 18.2 Å². The van der Waals surface area contributed by atoms with Gasteiger partial charge in [-0.2, -0.15) is 0 Å². The summed E-state index contributed by atoms with van der Waals surface area (Å²) in [5, 5.41) is 0.547. The summed E-state index contributed by atoms with van der Waals surface area (Å²) in [6.45, 7) is 2.69. The van der Waals surface area contributed by atoms with Crippen LogP contribution in [0.2, 0.25) is 5.02 Å². The molecule has 152 valence electrons. The van der Waals surface area contributed by atoms with Crippen molar-refractivity contribution in [3.63, 3.8) is 0 Å². The Kier molecular flexibility index (Phi) is 12.4. The Morgan fingerprint density at radius 1 is 0.926 bits per heavy atom. The molecule has 0 aliphatic carbocycles. The molecule has 0 heterocycles. The molecule has 0 saturated carbocycles. The van der Waals surface area contributed by atoms with Gasteiger partial charge >= 0.3 is 11.9 Å². The quantitative estimate of drug-likeness (QED) is 0.307. The standard InChI is InChI=1S/C21H31ClO5/c1-3-4-5-6-7-8-9-14-26-20(23)12-13-21(24)27-16-17-10-11-18(22)15-19(17)25-2/h10-11,15H,3-9,12-14,16H2,1-2H3. The van der Waals surface area contributed by atoms with Crippen LogP contribution in [0.4, 0.5) is 0 Å². The Bertz CT molecular complexity index is 574. The molecule has 0 spiro atoms. The van der Waals surface area contributed by atoms with Gasteiger partial charge in [0.2, 0.25) is 0 Å². The zero-order valence-corrected chi connectivity index (χ0v) is 17.2. The van der Waals surface area contributed by atoms with Crippen LogP contribution in [0.25, 0.3) is 0 Å². The first-order valence-corrected chi connectivity index (χ1v) is 10.1. The smallest absolute Gasteiger partial charge is 0.306 e. The number of rotatable bonds is 14. The van der Waals surface area contributed by atoms with Crippen molar-refractivity contribution < 1.29 is 23.8 Å². The average Bonchev–Trinajstić information content (AvgIpc) is 2.67. The van der Waals surface area contributed by atoms with Crippen molar-refractivity contribution in [2.24, 2.45) is 0 Å². The van der Waals surface area contributed by atoms with Gasteiger partial charge in [0.15, 0.2) is 0 Å². The minimum Gasteiger partial charge on any atom is -0.496 e. The number of benzene rings is 1. The van der Waals surface area contributed by atoms with E-state index in [0.29, 0.717) is 17.4 Å². The molecule has 0 fully saturated rings. The molecule has 27 heavy (non-hydrogen) atoms. The molecule has 0 aliphatic rings. The molecule has 0 N–H and O–H groups in total. The van der Waals surface area contributed by atoms with E-state index in [1.165, 1.54) is 39.2 Å². The maximum Gasteiger partial charge on any atom is 0.306 e. The number of carbonyl (C=O) groups excluding carboxylic acids is 2.